The number of nitrogens with zero attached hydrogens (tertiary/aromatic N) is 5. The number of thiophene rings is 2. The average Bonchev–Trinajstić information content (AvgIpc) is 4.11. The van der Waals surface area contributed by atoms with E-state index in [2.05, 4.69) is 190 Å². The summed E-state index contributed by atoms with van der Waals surface area (Å²) in [5.41, 5.74) is 15.6. The molecule has 0 saturated heterocycles. The fourth-order valence-electron chi connectivity index (χ4n) is 12.0. The minimum atomic E-state index is -0.654. The Morgan fingerprint density at radius 2 is 0.875 bits per heavy atom. The predicted octanol–water partition coefficient (Wildman–Crippen LogP) is 16.7. The van der Waals surface area contributed by atoms with Crippen LogP contribution in [0.4, 0.5) is 0 Å². The van der Waals surface area contributed by atoms with Gasteiger partial charge in [-0.1, -0.05) is 202 Å². The summed E-state index contributed by atoms with van der Waals surface area (Å²) in [5.74, 6) is 2.55. The molecule has 1 spiro atoms. The third kappa shape index (κ3) is 5.89. The van der Waals surface area contributed by atoms with Crippen LogP contribution in [0.5, 0.6) is 0 Å². The van der Waals surface area contributed by atoms with Crippen LogP contribution in [0.15, 0.2) is 212 Å². The smallest absolute Gasteiger partial charge is 0.164 e. The van der Waals surface area contributed by atoms with Crippen LogP contribution in [0.1, 0.15) is 47.2 Å². The van der Waals surface area contributed by atoms with Gasteiger partial charge in [0.05, 0.1) is 21.3 Å². The molecular formula is C65H41N5S2. The Kier molecular flexibility index (Phi) is 8.89. The Balaban J connectivity index is 1.02. The van der Waals surface area contributed by atoms with Gasteiger partial charge in [-0.3, -0.25) is 0 Å². The molecule has 0 unspecified atom stereocenters. The van der Waals surface area contributed by atoms with Crippen LogP contribution < -0.4 is 0 Å². The number of hydrogen-bond donors (Lipinski definition) is 0. The first kappa shape index (κ1) is 41.3. The van der Waals surface area contributed by atoms with Gasteiger partial charge in [-0.2, -0.15) is 0 Å². The molecule has 2 aliphatic rings. The van der Waals surface area contributed by atoms with Gasteiger partial charge in [0.25, 0.3) is 0 Å². The lowest BCUT2D eigenvalue weighted by Crippen LogP contribution is -2.40. The first-order chi connectivity index (χ1) is 35.4. The van der Waals surface area contributed by atoms with Gasteiger partial charge in [0.15, 0.2) is 23.3 Å². The zero-order valence-corrected chi connectivity index (χ0v) is 40.9. The van der Waals surface area contributed by atoms with E-state index in [4.69, 9.17) is 24.9 Å². The minimum absolute atomic E-state index is 0.246. The highest BCUT2D eigenvalue weighted by Crippen LogP contribution is 2.63. The van der Waals surface area contributed by atoms with Gasteiger partial charge in [-0.05, 0) is 68.8 Å². The molecule has 4 heterocycles. The van der Waals surface area contributed by atoms with Crippen LogP contribution in [0.2, 0.25) is 0 Å². The highest BCUT2D eigenvalue weighted by Gasteiger charge is 2.54. The summed E-state index contributed by atoms with van der Waals surface area (Å²) in [4.78, 5) is 27.0. The molecule has 0 aliphatic heterocycles. The van der Waals surface area contributed by atoms with E-state index in [0.717, 1.165) is 60.2 Å². The monoisotopic (exact) mass is 955 g/mol. The average molecular weight is 956 g/mol. The number of hydrogen-bond acceptors (Lipinski definition) is 7. The van der Waals surface area contributed by atoms with E-state index in [1.54, 1.807) is 11.3 Å². The lowest BCUT2D eigenvalue weighted by atomic mass is 9.55. The molecule has 0 N–H and O–H groups in total. The molecule has 15 rings (SSSR count). The summed E-state index contributed by atoms with van der Waals surface area (Å²) in [6, 6.07) is 76.5. The fourth-order valence-corrected chi connectivity index (χ4v) is 14.3. The van der Waals surface area contributed by atoms with Crippen LogP contribution >= 0.6 is 22.7 Å². The Hall–Kier alpha value is -8.49. The van der Waals surface area contributed by atoms with E-state index in [1.165, 1.54) is 58.3 Å². The molecule has 0 bridgehead atoms. The Morgan fingerprint density at radius 1 is 0.333 bits per heavy atom. The molecule has 5 nitrogen and oxygen atoms in total. The van der Waals surface area contributed by atoms with E-state index in [1.807, 2.05) is 47.7 Å². The van der Waals surface area contributed by atoms with Crippen molar-refractivity contribution in [3.8, 4) is 67.9 Å². The van der Waals surface area contributed by atoms with Crippen molar-refractivity contribution >= 4 is 63.1 Å². The molecule has 0 amide bonds. The van der Waals surface area contributed by atoms with E-state index >= 15 is 0 Å². The maximum Gasteiger partial charge on any atom is 0.164 e. The van der Waals surface area contributed by atoms with Crippen molar-refractivity contribution in [3.63, 3.8) is 0 Å². The van der Waals surface area contributed by atoms with Crippen molar-refractivity contribution in [2.45, 2.75) is 24.7 Å². The quantitative estimate of drug-likeness (QED) is 0.172. The van der Waals surface area contributed by atoms with Crippen molar-refractivity contribution in [2.24, 2.45) is 0 Å². The lowest BCUT2D eigenvalue weighted by molar-refractivity contribution is 0.563. The van der Waals surface area contributed by atoms with Gasteiger partial charge in [-0.25, -0.2) is 24.9 Å². The summed E-state index contributed by atoms with van der Waals surface area (Å²) >= 11 is 3.60. The molecule has 0 saturated carbocycles. The van der Waals surface area contributed by atoms with Crippen molar-refractivity contribution in [1.29, 1.82) is 0 Å². The summed E-state index contributed by atoms with van der Waals surface area (Å²) < 4.78 is 4.81. The number of benzene rings is 9. The maximum atomic E-state index is 5.62. The van der Waals surface area contributed by atoms with Crippen molar-refractivity contribution in [1.82, 2.24) is 24.9 Å². The molecule has 0 fully saturated rings. The van der Waals surface area contributed by atoms with Crippen LogP contribution in [-0.4, -0.2) is 24.9 Å². The molecule has 0 atom stereocenters. The van der Waals surface area contributed by atoms with Gasteiger partial charge >= 0.3 is 0 Å². The van der Waals surface area contributed by atoms with Gasteiger partial charge in [0.2, 0.25) is 0 Å². The van der Waals surface area contributed by atoms with Gasteiger partial charge in [0, 0.05) is 63.5 Å². The van der Waals surface area contributed by atoms with E-state index < -0.39 is 5.41 Å². The summed E-state index contributed by atoms with van der Waals surface area (Å²) in [5, 5.41) is 3.68. The SMILES string of the molecule is CC1(C)c2ccccc2C2(c3ccc(-c4nc(-c5ccc6c(c5)sc5ccccc56)c5sc6ccccc6c5n4)cc3-c3c(-c4nc(-c5ccccc5)nc(-c5ccccc5)n4)cccc32)c2ccccc21. The number of aromatic nitrogens is 5. The Labute approximate surface area is 423 Å². The molecule has 9 aromatic carbocycles. The van der Waals surface area contributed by atoms with Gasteiger partial charge in [0.1, 0.15) is 0 Å². The summed E-state index contributed by atoms with van der Waals surface area (Å²) in [7, 11) is 0. The third-order valence-corrected chi connectivity index (χ3v) is 17.5. The molecule has 338 valence electrons. The second kappa shape index (κ2) is 15.5. The van der Waals surface area contributed by atoms with Crippen LogP contribution in [0, 0.1) is 0 Å². The molecule has 7 heteroatoms. The van der Waals surface area contributed by atoms with E-state index in [0.29, 0.717) is 23.3 Å². The molecular weight excluding hydrogens is 915 g/mol. The maximum absolute atomic E-state index is 5.62. The van der Waals surface area contributed by atoms with E-state index in [9.17, 15) is 0 Å². The first-order valence-corrected chi connectivity index (χ1v) is 26.0. The Bertz CT molecular complexity index is 4270. The molecule has 4 aromatic heterocycles. The Morgan fingerprint density at radius 3 is 1.57 bits per heavy atom. The molecule has 0 radical (unpaired) electrons. The second-order valence-corrected chi connectivity index (χ2v) is 21.6. The highest BCUT2D eigenvalue weighted by molar-refractivity contribution is 7.26. The normalized spacial score (nSPS) is 13.9. The third-order valence-electron chi connectivity index (χ3n) is 15.2. The highest BCUT2D eigenvalue weighted by atomic mass is 32.1. The van der Waals surface area contributed by atoms with Gasteiger partial charge < -0.3 is 0 Å². The molecule has 2 aliphatic carbocycles. The second-order valence-electron chi connectivity index (χ2n) is 19.5. The van der Waals surface area contributed by atoms with Crippen LogP contribution in [0.3, 0.4) is 0 Å². The number of rotatable bonds is 5. The largest absolute Gasteiger partial charge is 0.226 e. The van der Waals surface area contributed by atoms with Crippen molar-refractivity contribution in [3.05, 3.63) is 246 Å². The van der Waals surface area contributed by atoms with Crippen LogP contribution in [-0.2, 0) is 10.8 Å². The zero-order valence-electron chi connectivity index (χ0n) is 39.3. The van der Waals surface area contributed by atoms with Crippen LogP contribution in [0.25, 0.3) is 108 Å². The predicted molar refractivity (Wildman–Crippen MR) is 298 cm³/mol. The van der Waals surface area contributed by atoms with E-state index in [-0.39, 0.29) is 5.41 Å². The van der Waals surface area contributed by atoms with Crippen molar-refractivity contribution < 1.29 is 0 Å². The first-order valence-electron chi connectivity index (χ1n) is 24.4. The summed E-state index contributed by atoms with van der Waals surface area (Å²) in [6.45, 7) is 4.74. The number of fused-ring (bicyclic) bond motifs is 15. The fraction of sp³-hybridized carbons (Fsp3) is 0.0615. The summed E-state index contributed by atoms with van der Waals surface area (Å²) in [6.07, 6.45) is 0. The lowest BCUT2D eigenvalue weighted by Gasteiger charge is -2.46. The minimum Gasteiger partial charge on any atom is -0.226 e. The standard InChI is InChI=1S/C65H41N5S2/c1-64(2)48-25-11-13-27-50(48)65(51-28-14-12-26-49(51)64)47-35-33-41(36-46(47)56-45(24-17-29-52(56)65)63-69-60(38-18-5-3-6-19-38)68-61(70-63)39-20-7-4-8-21-39)62-66-57(59-58(67-62)44-23-10-16-31-54(44)72-59)40-32-34-43-42-22-9-15-30-53(42)71-55(43)37-40/h3-37H,1-2H3. The zero-order chi connectivity index (χ0) is 47.7. The van der Waals surface area contributed by atoms with Gasteiger partial charge in [-0.15, -0.1) is 22.7 Å². The molecule has 13 aromatic rings. The van der Waals surface area contributed by atoms with Crippen molar-refractivity contribution in [2.75, 3.05) is 0 Å². The molecule has 72 heavy (non-hydrogen) atoms. The topological polar surface area (TPSA) is 64.5 Å².